The van der Waals surface area contributed by atoms with Gasteiger partial charge in [0.2, 0.25) is 0 Å². The molecule has 0 saturated heterocycles. The third-order valence-corrected chi connectivity index (χ3v) is 4.00. The van der Waals surface area contributed by atoms with E-state index < -0.39 is 11.9 Å². The predicted molar refractivity (Wildman–Crippen MR) is 99.8 cm³/mol. The van der Waals surface area contributed by atoms with Crippen molar-refractivity contribution in [3.63, 3.8) is 0 Å². The first-order valence-electron chi connectivity index (χ1n) is 8.41. The van der Waals surface area contributed by atoms with Crippen molar-refractivity contribution in [2.75, 3.05) is 18.4 Å². The molecule has 0 heterocycles. The molecular formula is C20H22N2O4. The molecule has 0 aliphatic rings. The molecule has 2 N–H and O–H groups in total. The molecule has 136 valence electrons. The molecule has 2 aromatic carbocycles. The van der Waals surface area contributed by atoms with Gasteiger partial charge >= 0.3 is 5.97 Å². The maximum atomic E-state index is 12.5. The molecule has 6 nitrogen and oxygen atoms in total. The lowest BCUT2D eigenvalue weighted by molar-refractivity contribution is 0.0695. The van der Waals surface area contributed by atoms with Gasteiger partial charge in [-0.05, 0) is 62.7 Å². The molecule has 2 aromatic rings. The van der Waals surface area contributed by atoms with Crippen LogP contribution in [0.2, 0.25) is 0 Å². The van der Waals surface area contributed by atoms with Crippen LogP contribution >= 0.6 is 0 Å². The summed E-state index contributed by atoms with van der Waals surface area (Å²) in [5, 5.41) is 11.8. The minimum absolute atomic E-state index is 0.0561. The second-order valence-electron chi connectivity index (χ2n) is 5.91. The van der Waals surface area contributed by atoms with Crippen molar-refractivity contribution in [1.82, 2.24) is 4.90 Å². The smallest absolute Gasteiger partial charge is 0.335 e. The van der Waals surface area contributed by atoms with E-state index >= 15 is 0 Å². The van der Waals surface area contributed by atoms with Gasteiger partial charge in [0, 0.05) is 29.9 Å². The van der Waals surface area contributed by atoms with E-state index in [1.165, 1.54) is 12.1 Å². The van der Waals surface area contributed by atoms with Crippen LogP contribution in [0.3, 0.4) is 0 Å². The van der Waals surface area contributed by atoms with E-state index in [4.69, 9.17) is 5.11 Å². The van der Waals surface area contributed by atoms with Crippen LogP contribution in [0, 0.1) is 6.92 Å². The lowest BCUT2D eigenvalue weighted by atomic mass is 10.1. The zero-order valence-electron chi connectivity index (χ0n) is 15.1. The van der Waals surface area contributed by atoms with Crippen molar-refractivity contribution in [1.29, 1.82) is 0 Å². The number of carbonyl (C=O) groups is 3. The van der Waals surface area contributed by atoms with Crippen LogP contribution in [-0.4, -0.2) is 40.9 Å². The highest BCUT2D eigenvalue weighted by atomic mass is 16.4. The summed E-state index contributed by atoms with van der Waals surface area (Å²) < 4.78 is 0. The summed E-state index contributed by atoms with van der Waals surface area (Å²) in [4.78, 5) is 37.7. The number of aryl methyl sites for hydroxylation is 1. The SMILES string of the molecule is CCN(CC)C(=O)c1cccc(NC(=O)c2cc(C)cc(C(=O)O)c2)c1. The number of carbonyl (C=O) groups excluding carboxylic acids is 2. The lowest BCUT2D eigenvalue weighted by Gasteiger charge is -2.19. The van der Waals surface area contributed by atoms with Gasteiger partial charge < -0.3 is 15.3 Å². The quantitative estimate of drug-likeness (QED) is 0.832. The Bertz CT molecular complexity index is 841. The Kier molecular flexibility index (Phi) is 6.11. The number of aromatic carboxylic acids is 1. The molecule has 0 spiro atoms. The van der Waals surface area contributed by atoms with Gasteiger partial charge in [0.1, 0.15) is 0 Å². The van der Waals surface area contributed by atoms with E-state index in [0.717, 1.165) is 0 Å². The fraction of sp³-hybridized carbons (Fsp3) is 0.250. The Morgan fingerprint density at radius 2 is 1.62 bits per heavy atom. The Labute approximate surface area is 152 Å². The van der Waals surface area contributed by atoms with E-state index in [0.29, 0.717) is 29.9 Å². The molecule has 0 bridgehead atoms. The first-order chi connectivity index (χ1) is 12.3. The van der Waals surface area contributed by atoms with E-state index in [9.17, 15) is 14.4 Å². The number of carboxylic acid groups (broad SMARTS) is 1. The molecule has 0 aliphatic heterocycles. The van der Waals surface area contributed by atoms with Crippen molar-refractivity contribution in [3.05, 3.63) is 64.7 Å². The van der Waals surface area contributed by atoms with Crippen LogP contribution in [0.4, 0.5) is 5.69 Å². The average Bonchev–Trinajstić information content (AvgIpc) is 2.62. The number of rotatable bonds is 6. The van der Waals surface area contributed by atoms with E-state index in [-0.39, 0.29) is 17.0 Å². The van der Waals surface area contributed by atoms with Gasteiger partial charge in [-0.3, -0.25) is 9.59 Å². The zero-order chi connectivity index (χ0) is 19.3. The minimum Gasteiger partial charge on any atom is -0.478 e. The molecule has 0 atom stereocenters. The topological polar surface area (TPSA) is 86.7 Å². The molecule has 2 amide bonds. The number of amides is 2. The fourth-order valence-corrected chi connectivity index (χ4v) is 2.66. The van der Waals surface area contributed by atoms with Crippen LogP contribution < -0.4 is 5.32 Å². The van der Waals surface area contributed by atoms with E-state index in [1.54, 1.807) is 42.2 Å². The van der Waals surface area contributed by atoms with E-state index in [2.05, 4.69) is 5.32 Å². The van der Waals surface area contributed by atoms with Crippen LogP contribution in [0.15, 0.2) is 42.5 Å². The van der Waals surface area contributed by atoms with Gasteiger partial charge in [0.25, 0.3) is 11.8 Å². The minimum atomic E-state index is -1.09. The maximum absolute atomic E-state index is 12.5. The second kappa shape index (κ2) is 8.29. The third kappa shape index (κ3) is 4.47. The summed E-state index contributed by atoms with van der Waals surface area (Å²) >= 11 is 0. The van der Waals surface area contributed by atoms with Crippen molar-refractivity contribution in [3.8, 4) is 0 Å². The summed E-state index contributed by atoms with van der Waals surface area (Å²) in [6, 6.07) is 11.2. The lowest BCUT2D eigenvalue weighted by Crippen LogP contribution is -2.30. The highest BCUT2D eigenvalue weighted by Crippen LogP contribution is 2.16. The van der Waals surface area contributed by atoms with Gasteiger partial charge in [-0.2, -0.15) is 0 Å². The molecule has 0 aromatic heterocycles. The van der Waals surface area contributed by atoms with Crippen LogP contribution in [-0.2, 0) is 0 Å². The summed E-state index contributed by atoms with van der Waals surface area (Å²) in [5.41, 5.74) is 1.96. The molecule has 0 unspecified atom stereocenters. The number of benzene rings is 2. The highest BCUT2D eigenvalue weighted by Gasteiger charge is 2.15. The number of nitrogens with zero attached hydrogens (tertiary/aromatic N) is 1. The van der Waals surface area contributed by atoms with Gasteiger partial charge in [0.15, 0.2) is 0 Å². The third-order valence-electron chi connectivity index (χ3n) is 4.00. The Balaban J connectivity index is 2.24. The number of hydrogen-bond acceptors (Lipinski definition) is 3. The van der Waals surface area contributed by atoms with Crippen LogP contribution in [0.5, 0.6) is 0 Å². The molecule has 0 aliphatic carbocycles. The van der Waals surface area contributed by atoms with Crippen molar-refractivity contribution >= 4 is 23.5 Å². The standard InChI is InChI=1S/C20H22N2O4/c1-4-22(5-2)19(24)14-7-6-8-17(12-14)21-18(23)15-9-13(3)10-16(11-15)20(25)26/h6-12H,4-5H2,1-3H3,(H,21,23)(H,25,26). The molecule has 0 saturated carbocycles. The average molecular weight is 354 g/mol. The van der Waals surface area contributed by atoms with E-state index in [1.807, 2.05) is 13.8 Å². The summed E-state index contributed by atoms with van der Waals surface area (Å²) in [6.45, 7) is 6.75. The van der Waals surface area contributed by atoms with Crippen LogP contribution in [0.1, 0.15) is 50.5 Å². The van der Waals surface area contributed by atoms with Crippen molar-refractivity contribution < 1.29 is 19.5 Å². The number of anilines is 1. The maximum Gasteiger partial charge on any atom is 0.335 e. The number of hydrogen-bond donors (Lipinski definition) is 2. The first kappa shape index (κ1) is 19.2. The summed E-state index contributed by atoms with van der Waals surface area (Å²) in [6.07, 6.45) is 0. The molecule has 26 heavy (non-hydrogen) atoms. The first-order valence-corrected chi connectivity index (χ1v) is 8.41. The highest BCUT2D eigenvalue weighted by molar-refractivity contribution is 6.06. The molecule has 2 rings (SSSR count). The Morgan fingerprint density at radius 1 is 0.962 bits per heavy atom. The number of carboxylic acids is 1. The van der Waals surface area contributed by atoms with Crippen LogP contribution in [0.25, 0.3) is 0 Å². The van der Waals surface area contributed by atoms with Gasteiger partial charge in [-0.25, -0.2) is 4.79 Å². The second-order valence-corrected chi connectivity index (χ2v) is 5.91. The summed E-state index contributed by atoms with van der Waals surface area (Å²) in [5.74, 6) is -1.62. The largest absolute Gasteiger partial charge is 0.478 e. The zero-order valence-corrected chi connectivity index (χ0v) is 15.1. The van der Waals surface area contributed by atoms with Gasteiger partial charge in [0.05, 0.1) is 5.56 Å². The normalized spacial score (nSPS) is 10.3. The fourth-order valence-electron chi connectivity index (χ4n) is 2.66. The van der Waals surface area contributed by atoms with Gasteiger partial charge in [-0.1, -0.05) is 6.07 Å². The summed E-state index contributed by atoms with van der Waals surface area (Å²) in [7, 11) is 0. The monoisotopic (exact) mass is 354 g/mol. The predicted octanol–water partition coefficient (Wildman–Crippen LogP) is 3.43. The van der Waals surface area contributed by atoms with Gasteiger partial charge in [-0.15, -0.1) is 0 Å². The molecule has 6 heteroatoms. The van der Waals surface area contributed by atoms with Crippen molar-refractivity contribution in [2.45, 2.75) is 20.8 Å². The Hall–Kier alpha value is -3.15. The molecular weight excluding hydrogens is 332 g/mol. The molecule has 0 radical (unpaired) electrons. The van der Waals surface area contributed by atoms with Crippen molar-refractivity contribution in [2.24, 2.45) is 0 Å². The molecule has 0 fully saturated rings. The number of nitrogens with one attached hydrogen (secondary N) is 1. The Morgan fingerprint density at radius 3 is 2.23 bits per heavy atom.